The topological polar surface area (TPSA) is 98.0 Å². The molecule has 40 heavy (non-hydrogen) atoms. The zero-order chi connectivity index (χ0) is 28.3. The molecule has 0 unspecified atom stereocenters. The highest BCUT2D eigenvalue weighted by atomic mass is 16.5. The first-order chi connectivity index (χ1) is 19.4. The summed E-state index contributed by atoms with van der Waals surface area (Å²) in [6.45, 7) is 2.65. The van der Waals surface area contributed by atoms with Crippen LogP contribution in [-0.2, 0) is 22.6 Å². The number of para-hydroxylation sites is 2. The number of aliphatic carboxylic acids is 2. The normalized spacial score (nSPS) is 11.4. The number of nitrogens with zero attached hydrogens (tertiary/aromatic N) is 1. The van der Waals surface area contributed by atoms with Crippen molar-refractivity contribution in [2.45, 2.75) is 32.7 Å². The van der Waals surface area contributed by atoms with Crippen LogP contribution in [0.3, 0.4) is 0 Å². The van der Waals surface area contributed by atoms with Crippen molar-refractivity contribution in [3.05, 3.63) is 107 Å². The van der Waals surface area contributed by atoms with Gasteiger partial charge in [0.25, 0.3) is 0 Å². The summed E-state index contributed by atoms with van der Waals surface area (Å²) in [5, 5.41) is 19.5. The van der Waals surface area contributed by atoms with E-state index in [-0.39, 0.29) is 13.0 Å². The highest BCUT2D eigenvalue weighted by Gasteiger charge is 2.18. The summed E-state index contributed by atoms with van der Waals surface area (Å²) in [7, 11) is 0. The maximum absolute atomic E-state index is 11.6. The van der Waals surface area contributed by atoms with E-state index in [1.165, 1.54) is 0 Å². The number of carboxylic acids is 2. The van der Waals surface area contributed by atoms with Crippen LogP contribution in [0, 0.1) is 6.92 Å². The van der Waals surface area contributed by atoms with Crippen molar-refractivity contribution in [2.24, 2.45) is 0 Å². The number of fused-ring (bicyclic) bond motifs is 1. The maximum Gasteiger partial charge on any atom is 0.323 e. The van der Waals surface area contributed by atoms with E-state index in [0.717, 1.165) is 44.8 Å². The van der Waals surface area contributed by atoms with Crippen molar-refractivity contribution in [3.8, 4) is 11.5 Å². The molecule has 0 aliphatic heterocycles. The number of carboxylic acid groups (broad SMARTS) is 2. The standard InChI is InChI=1S/C33H33NO6/c1-24-29(12-8-14-31(35)36)30-13-7-9-26(33(30)34(24)23-32(37)38)18-15-25-16-19-28(20-17-25)40-22-6-5-21-39-27-10-3-2-4-11-27/h2-7,9-11,13,15-20H,8,12,14,21-23H2,1H3,(H,35,36)(H,37,38)/b6-5+,18-15?. The molecule has 1 heterocycles. The molecule has 2 N–H and O–H groups in total. The molecular formula is C33H33NO6. The lowest BCUT2D eigenvalue weighted by molar-refractivity contribution is -0.138. The number of hydrogen-bond donors (Lipinski definition) is 2. The molecule has 1 aromatic heterocycles. The average molecular weight is 540 g/mol. The molecular weight excluding hydrogens is 506 g/mol. The van der Waals surface area contributed by atoms with Crippen LogP contribution in [0.2, 0.25) is 0 Å². The number of benzene rings is 3. The van der Waals surface area contributed by atoms with Gasteiger partial charge in [0.2, 0.25) is 0 Å². The number of aromatic nitrogens is 1. The molecule has 0 saturated carbocycles. The molecule has 0 aliphatic rings. The van der Waals surface area contributed by atoms with Gasteiger partial charge in [-0.15, -0.1) is 0 Å². The predicted molar refractivity (Wildman–Crippen MR) is 157 cm³/mol. The summed E-state index contributed by atoms with van der Waals surface area (Å²) in [5.41, 5.74) is 4.56. The van der Waals surface area contributed by atoms with E-state index in [1.807, 2.05) is 109 Å². The summed E-state index contributed by atoms with van der Waals surface area (Å²) < 4.78 is 13.2. The van der Waals surface area contributed by atoms with E-state index in [1.54, 1.807) is 0 Å². The Kier molecular flexibility index (Phi) is 9.77. The third-order valence-electron chi connectivity index (χ3n) is 6.55. The zero-order valence-corrected chi connectivity index (χ0v) is 22.5. The lowest BCUT2D eigenvalue weighted by atomic mass is 10.0. The Bertz CT molecular complexity index is 1500. The lowest BCUT2D eigenvalue weighted by Crippen LogP contribution is -2.10. The molecule has 0 fully saturated rings. The van der Waals surface area contributed by atoms with Gasteiger partial charge in [0.15, 0.2) is 0 Å². The van der Waals surface area contributed by atoms with E-state index in [0.29, 0.717) is 26.1 Å². The van der Waals surface area contributed by atoms with E-state index < -0.39 is 11.9 Å². The molecule has 0 bridgehead atoms. The molecule has 0 radical (unpaired) electrons. The molecule has 0 spiro atoms. The average Bonchev–Trinajstić information content (AvgIpc) is 3.21. The van der Waals surface area contributed by atoms with Crippen molar-refractivity contribution in [1.82, 2.24) is 4.57 Å². The zero-order valence-electron chi connectivity index (χ0n) is 22.5. The van der Waals surface area contributed by atoms with Gasteiger partial charge in [0.1, 0.15) is 31.3 Å². The van der Waals surface area contributed by atoms with E-state index >= 15 is 0 Å². The Hall–Kier alpha value is -4.78. The van der Waals surface area contributed by atoms with Gasteiger partial charge in [-0.2, -0.15) is 0 Å². The SMILES string of the molecule is Cc1c(CCCC(=O)O)c2cccc(C=Cc3ccc(OC/C=C/COc4ccccc4)cc3)c2n1CC(=O)O. The minimum absolute atomic E-state index is 0.0727. The summed E-state index contributed by atoms with van der Waals surface area (Å²) in [6, 6.07) is 23.3. The molecule has 0 amide bonds. The molecule has 4 rings (SSSR count). The van der Waals surface area contributed by atoms with Crippen molar-refractivity contribution in [2.75, 3.05) is 13.2 Å². The number of rotatable bonds is 14. The van der Waals surface area contributed by atoms with Gasteiger partial charge < -0.3 is 24.3 Å². The quantitative estimate of drug-likeness (QED) is 0.138. The first kappa shape index (κ1) is 28.2. The second kappa shape index (κ2) is 13.8. The third kappa shape index (κ3) is 7.63. The van der Waals surface area contributed by atoms with Crippen LogP contribution in [0.25, 0.3) is 23.1 Å². The number of aryl methyl sites for hydroxylation is 1. The smallest absolute Gasteiger partial charge is 0.323 e. The van der Waals surface area contributed by atoms with Crippen molar-refractivity contribution < 1.29 is 29.3 Å². The monoisotopic (exact) mass is 539 g/mol. The summed E-state index contributed by atoms with van der Waals surface area (Å²) in [5.74, 6) is -0.180. The summed E-state index contributed by atoms with van der Waals surface area (Å²) in [4.78, 5) is 22.7. The maximum atomic E-state index is 11.6. The summed E-state index contributed by atoms with van der Waals surface area (Å²) in [6.07, 6.45) is 8.94. The van der Waals surface area contributed by atoms with Gasteiger partial charge in [-0.25, -0.2) is 0 Å². The van der Waals surface area contributed by atoms with Gasteiger partial charge in [0.05, 0.1) is 5.52 Å². The second-order valence-electron chi connectivity index (χ2n) is 9.34. The van der Waals surface area contributed by atoms with Crippen LogP contribution < -0.4 is 9.47 Å². The molecule has 7 heteroatoms. The third-order valence-corrected chi connectivity index (χ3v) is 6.55. The molecule has 0 aliphatic carbocycles. The molecule has 3 aromatic carbocycles. The van der Waals surface area contributed by atoms with E-state index in [2.05, 4.69) is 0 Å². The summed E-state index contributed by atoms with van der Waals surface area (Å²) >= 11 is 0. The first-order valence-electron chi connectivity index (χ1n) is 13.2. The Morgan fingerprint density at radius 2 is 1.48 bits per heavy atom. The Morgan fingerprint density at radius 1 is 0.800 bits per heavy atom. The van der Waals surface area contributed by atoms with Crippen molar-refractivity contribution in [3.63, 3.8) is 0 Å². The molecule has 7 nitrogen and oxygen atoms in total. The fourth-order valence-electron chi connectivity index (χ4n) is 4.63. The largest absolute Gasteiger partial charge is 0.490 e. The van der Waals surface area contributed by atoms with Crippen LogP contribution in [0.15, 0.2) is 84.9 Å². The van der Waals surface area contributed by atoms with Gasteiger partial charge in [-0.05, 0) is 72.9 Å². The van der Waals surface area contributed by atoms with Crippen LogP contribution in [-0.4, -0.2) is 39.9 Å². The van der Waals surface area contributed by atoms with Crippen LogP contribution >= 0.6 is 0 Å². The molecule has 206 valence electrons. The van der Waals surface area contributed by atoms with Crippen LogP contribution in [0.5, 0.6) is 11.5 Å². The van der Waals surface area contributed by atoms with Gasteiger partial charge >= 0.3 is 11.9 Å². The van der Waals surface area contributed by atoms with Gasteiger partial charge in [-0.3, -0.25) is 9.59 Å². The van der Waals surface area contributed by atoms with Gasteiger partial charge in [-0.1, -0.05) is 60.7 Å². The van der Waals surface area contributed by atoms with Gasteiger partial charge in [0, 0.05) is 17.5 Å². The fourth-order valence-corrected chi connectivity index (χ4v) is 4.63. The number of carbonyl (C=O) groups is 2. The first-order valence-corrected chi connectivity index (χ1v) is 13.2. The fraction of sp³-hybridized carbons (Fsp3) is 0.212. The Labute approximate surface area is 233 Å². The minimum atomic E-state index is -0.926. The highest BCUT2D eigenvalue weighted by Crippen LogP contribution is 2.31. The van der Waals surface area contributed by atoms with E-state index in [4.69, 9.17) is 14.6 Å². The minimum Gasteiger partial charge on any atom is -0.490 e. The number of hydrogen-bond acceptors (Lipinski definition) is 4. The highest BCUT2D eigenvalue weighted by molar-refractivity contribution is 5.95. The van der Waals surface area contributed by atoms with Crippen LogP contribution in [0.4, 0.5) is 0 Å². The van der Waals surface area contributed by atoms with Crippen molar-refractivity contribution in [1.29, 1.82) is 0 Å². The lowest BCUT2D eigenvalue weighted by Gasteiger charge is -2.08. The Balaban J connectivity index is 1.42. The number of ether oxygens (including phenoxy) is 2. The van der Waals surface area contributed by atoms with E-state index in [9.17, 15) is 14.7 Å². The Morgan fingerprint density at radius 3 is 2.12 bits per heavy atom. The molecule has 4 aromatic rings. The second-order valence-corrected chi connectivity index (χ2v) is 9.34. The molecule has 0 atom stereocenters. The van der Waals surface area contributed by atoms with Crippen LogP contribution in [0.1, 0.15) is 35.2 Å². The molecule has 0 saturated heterocycles. The predicted octanol–water partition coefficient (Wildman–Crippen LogP) is 6.63. The van der Waals surface area contributed by atoms with Crippen molar-refractivity contribution >= 4 is 35.0 Å².